The van der Waals surface area contributed by atoms with Crippen LogP contribution in [0.2, 0.25) is 0 Å². The van der Waals surface area contributed by atoms with Crippen LogP contribution in [0.25, 0.3) is 10.4 Å². The molecule has 18 heavy (non-hydrogen) atoms. The Balaban J connectivity index is 2.29. The zero-order valence-corrected chi connectivity index (χ0v) is 10.3. The third-order valence-electron chi connectivity index (χ3n) is 2.57. The van der Waals surface area contributed by atoms with E-state index in [-0.39, 0.29) is 39.3 Å². The zero-order chi connectivity index (χ0) is 13.4. The maximum atomic E-state index is 14.2. The summed E-state index contributed by atoms with van der Waals surface area (Å²) >= 11 is 0. The maximum Gasteiger partial charge on any atom is 0.323 e. The predicted molar refractivity (Wildman–Crippen MR) is 61.7 cm³/mol. The summed E-state index contributed by atoms with van der Waals surface area (Å²) in [7, 11) is 0. The summed E-state index contributed by atoms with van der Waals surface area (Å²) in [6, 6.07) is -0.615. The molecule has 7 nitrogen and oxygen atoms in total. The highest BCUT2D eigenvalue weighted by molar-refractivity contribution is 5.76. The van der Waals surface area contributed by atoms with Crippen molar-refractivity contribution in [2.24, 2.45) is 5.11 Å². The fraction of sp³-hybridized carbons (Fsp3) is 0.900. The molecule has 0 aliphatic carbocycles. The van der Waals surface area contributed by atoms with E-state index in [9.17, 15) is 9.18 Å². The number of ether oxygens (including phenoxy) is 2. The maximum absolute atomic E-state index is 14.2. The number of hydrogen-bond acceptors (Lipinski definition) is 5. The summed E-state index contributed by atoms with van der Waals surface area (Å²) < 4.78 is 24.1. The van der Waals surface area contributed by atoms with Crippen LogP contribution in [-0.2, 0) is 14.3 Å². The van der Waals surface area contributed by atoms with Crippen molar-refractivity contribution in [3.63, 3.8) is 0 Å². The summed E-state index contributed by atoms with van der Waals surface area (Å²) in [6.07, 6.45) is 0.0351. The second-order valence-corrected chi connectivity index (χ2v) is 4.05. The Morgan fingerprint density at radius 1 is 1.72 bits per heavy atom. The SMILES string of the molecule is CCOC(=O)[C@@H]1C[C@](F)(COCCN=[N+]=[N-])CN1. The lowest BCUT2D eigenvalue weighted by Gasteiger charge is -2.18. The molecule has 0 aromatic heterocycles. The molecule has 102 valence electrons. The van der Waals surface area contributed by atoms with Crippen molar-refractivity contribution in [1.29, 1.82) is 0 Å². The van der Waals surface area contributed by atoms with Gasteiger partial charge in [0.05, 0.1) is 19.8 Å². The van der Waals surface area contributed by atoms with E-state index in [0.717, 1.165) is 0 Å². The van der Waals surface area contributed by atoms with Crippen molar-refractivity contribution in [3.8, 4) is 0 Å². The van der Waals surface area contributed by atoms with Gasteiger partial charge in [-0.25, -0.2) is 4.39 Å². The topological polar surface area (TPSA) is 96.3 Å². The van der Waals surface area contributed by atoms with Crippen LogP contribution in [0.4, 0.5) is 4.39 Å². The Bertz CT molecular complexity index is 335. The summed E-state index contributed by atoms with van der Waals surface area (Å²) in [5.41, 5.74) is 6.47. The number of nitrogens with one attached hydrogen (secondary N) is 1. The predicted octanol–water partition coefficient (Wildman–Crippen LogP) is 0.947. The Hall–Kier alpha value is -1.37. The highest BCUT2D eigenvalue weighted by Gasteiger charge is 2.43. The fourth-order valence-electron chi connectivity index (χ4n) is 1.74. The molecular weight excluding hydrogens is 243 g/mol. The smallest absolute Gasteiger partial charge is 0.323 e. The van der Waals surface area contributed by atoms with Crippen LogP contribution in [0.15, 0.2) is 5.11 Å². The molecule has 1 rings (SSSR count). The number of rotatable bonds is 7. The fourth-order valence-corrected chi connectivity index (χ4v) is 1.74. The lowest BCUT2D eigenvalue weighted by Crippen LogP contribution is -2.32. The van der Waals surface area contributed by atoms with Crippen molar-refractivity contribution >= 4 is 5.97 Å². The monoisotopic (exact) mass is 260 g/mol. The molecule has 0 aromatic rings. The quantitative estimate of drug-likeness (QED) is 0.242. The van der Waals surface area contributed by atoms with Gasteiger partial charge in [0.25, 0.3) is 0 Å². The van der Waals surface area contributed by atoms with Crippen LogP contribution in [0, 0.1) is 0 Å². The largest absolute Gasteiger partial charge is 0.465 e. The minimum absolute atomic E-state index is 0.0351. The van der Waals surface area contributed by atoms with Crippen molar-refractivity contribution in [2.75, 3.05) is 32.9 Å². The summed E-state index contributed by atoms with van der Waals surface area (Å²) in [4.78, 5) is 14.0. The van der Waals surface area contributed by atoms with Crippen molar-refractivity contribution in [1.82, 2.24) is 5.32 Å². The van der Waals surface area contributed by atoms with Crippen LogP contribution in [0.3, 0.4) is 0 Å². The van der Waals surface area contributed by atoms with Gasteiger partial charge >= 0.3 is 5.97 Å². The Morgan fingerprint density at radius 2 is 2.50 bits per heavy atom. The van der Waals surface area contributed by atoms with E-state index in [1.807, 2.05) is 0 Å². The van der Waals surface area contributed by atoms with E-state index in [4.69, 9.17) is 15.0 Å². The van der Waals surface area contributed by atoms with Gasteiger partial charge in [0.1, 0.15) is 11.7 Å². The average molecular weight is 260 g/mol. The Morgan fingerprint density at radius 3 is 3.17 bits per heavy atom. The third kappa shape index (κ3) is 4.48. The Kier molecular flexibility index (Phi) is 5.84. The van der Waals surface area contributed by atoms with E-state index in [1.165, 1.54) is 0 Å². The summed E-state index contributed by atoms with van der Waals surface area (Å²) in [5, 5.41) is 6.04. The van der Waals surface area contributed by atoms with E-state index in [2.05, 4.69) is 15.3 Å². The number of halogens is 1. The van der Waals surface area contributed by atoms with E-state index in [1.54, 1.807) is 6.92 Å². The van der Waals surface area contributed by atoms with Gasteiger partial charge in [-0.15, -0.1) is 0 Å². The minimum Gasteiger partial charge on any atom is -0.465 e. The second-order valence-electron chi connectivity index (χ2n) is 4.05. The number of carbonyl (C=O) groups excluding carboxylic acids is 1. The summed E-state index contributed by atoms with van der Waals surface area (Å²) in [6.45, 7) is 2.24. The molecule has 0 aromatic carbocycles. The highest BCUT2D eigenvalue weighted by Crippen LogP contribution is 2.25. The highest BCUT2D eigenvalue weighted by atomic mass is 19.1. The normalized spacial score (nSPS) is 26.7. The molecule has 0 spiro atoms. The Labute approximate surface area is 104 Å². The first-order chi connectivity index (χ1) is 8.61. The standard InChI is InChI=1S/C10H17FN4O3/c1-2-18-9(16)8-5-10(11,6-13-8)7-17-4-3-14-15-12/h8,13H,2-7H2,1H3/t8-,10+/m0/s1. The van der Waals surface area contributed by atoms with Crippen molar-refractivity contribution < 1.29 is 18.7 Å². The molecule has 8 heteroatoms. The number of esters is 1. The molecule has 1 fully saturated rings. The average Bonchev–Trinajstić information content (AvgIpc) is 2.72. The first kappa shape index (κ1) is 14.7. The van der Waals surface area contributed by atoms with Gasteiger partial charge in [0.15, 0.2) is 0 Å². The van der Waals surface area contributed by atoms with Gasteiger partial charge in [-0.05, 0) is 12.5 Å². The first-order valence-corrected chi connectivity index (χ1v) is 5.79. The number of nitrogens with zero attached hydrogens (tertiary/aromatic N) is 3. The van der Waals surface area contributed by atoms with Gasteiger partial charge < -0.3 is 14.8 Å². The van der Waals surface area contributed by atoms with Crippen LogP contribution in [0.1, 0.15) is 13.3 Å². The molecule has 1 aliphatic heterocycles. The molecule has 1 aliphatic rings. The molecule has 1 saturated heterocycles. The van der Waals surface area contributed by atoms with Gasteiger partial charge in [0.2, 0.25) is 0 Å². The van der Waals surface area contributed by atoms with Gasteiger partial charge in [-0.3, -0.25) is 4.79 Å². The lowest BCUT2D eigenvalue weighted by atomic mass is 10.0. The number of azide groups is 1. The van der Waals surface area contributed by atoms with E-state index >= 15 is 0 Å². The van der Waals surface area contributed by atoms with Crippen molar-refractivity contribution in [3.05, 3.63) is 10.4 Å². The summed E-state index contributed by atoms with van der Waals surface area (Å²) in [5.74, 6) is -0.439. The van der Waals surface area contributed by atoms with E-state index < -0.39 is 17.7 Å². The first-order valence-electron chi connectivity index (χ1n) is 5.79. The van der Waals surface area contributed by atoms with Gasteiger partial charge in [0, 0.05) is 24.4 Å². The second kappa shape index (κ2) is 7.15. The molecule has 1 N–H and O–H groups in total. The molecule has 0 radical (unpaired) electrons. The van der Waals surface area contributed by atoms with Crippen molar-refractivity contribution in [2.45, 2.75) is 25.1 Å². The lowest BCUT2D eigenvalue weighted by molar-refractivity contribution is -0.145. The van der Waals surface area contributed by atoms with Gasteiger partial charge in [-0.1, -0.05) is 5.11 Å². The van der Waals surface area contributed by atoms with Gasteiger partial charge in [-0.2, -0.15) is 0 Å². The third-order valence-corrected chi connectivity index (χ3v) is 2.57. The molecule has 0 unspecified atom stereocenters. The van der Waals surface area contributed by atoms with Crippen LogP contribution in [0.5, 0.6) is 0 Å². The van der Waals surface area contributed by atoms with Crippen LogP contribution in [-0.4, -0.2) is 50.6 Å². The molecule has 2 atom stereocenters. The number of carbonyl (C=O) groups is 1. The number of alkyl halides is 1. The molecule has 0 bridgehead atoms. The van der Waals surface area contributed by atoms with Crippen LogP contribution < -0.4 is 5.32 Å². The molecule has 0 amide bonds. The molecule has 1 heterocycles. The number of hydrogen-bond donors (Lipinski definition) is 1. The van der Waals surface area contributed by atoms with Crippen LogP contribution >= 0.6 is 0 Å². The molecule has 0 saturated carbocycles. The van der Waals surface area contributed by atoms with E-state index in [0.29, 0.717) is 0 Å². The molecular formula is C10H17FN4O3. The zero-order valence-electron chi connectivity index (χ0n) is 10.3. The minimum atomic E-state index is -1.58.